The second-order valence-electron chi connectivity index (χ2n) is 4.73. The average Bonchev–Trinajstić information content (AvgIpc) is 2.42. The summed E-state index contributed by atoms with van der Waals surface area (Å²) < 4.78 is 61.9. The summed E-state index contributed by atoms with van der Waals surface area (Å²) in [5.41, 5.74) is -0.167. The van der Waals surface area contributed by atoms with Gasteiger partial charge in [-0.1, -0.05) is 30.3 Å². The van der Waals surface area contributed by atoms with E-state index in [0.29, 0.717) is 0 Å². The topological polar surface area (TPSA) is 79.6 Å². The molecule has 0 radical (unpaired) electrons. The number of benzene rings is 1. The minimum atomic E-state index is -4.40. The number of nitrogens with zero attached hydrogens (tertiary/aromatic N) is 1. The van der Waals surface area contributed by atoms with Crippen LogP contribution in [-0.2, 0) is 21.5 Å². The maximum Gasteiger partial charge on any atom is 0.417 e. The second kappa shape index (κ2) is 9.29. The summed E-state index contributed by atoms with van der Waals surface area (Å²) in [7, 11) is -2.61. The minimum Gasteiger partial charge on any atom is -0.393 e. The lowest BCUT2D eigenvalue weighted by Crippen LogP contribution is -2.15. The van der Waals surface area contributed by atoms with Gasteiger partial charge in [0.05, 0.1) is 11.3 Å². The number of oxime groups is 1. The number of hydrogen-bond acceptors (Lipinski definition) is 5. The van der Waals surface area contributed by atoms with E-state index < -0.39 is 22.2 Å². The van der Waals surface area contributed by atoms with Gasteiger partial charge in [0.1, 0.15) is 6.10 Å². The molecular formula is C14H19F3N2O3S. The normalized spacial score (nSPS) is 12.9. The van der Waals surface area contributed by atoms with Crippen molar-refractivity contribution in [3.05, 3.63) is 34.9 Å². The molecule has 23 heavy (non-hydrogen) atoms. The van der Waals surface area contributed by atoms with E-state index in [-0.39, 0.29) is 22.9 Å². The Morgan fingerprint density at radius 3 is 2.35 bits per heavy atom. The van der Waals surface area contributed by atoms with E-state index in [1.54, 1.807) is 6.07 Å². The van der Waals surface area contributed by atoms with E-state index in [1.165, 1.54) is 26.0 Å². The van der Waals surface area contributed by atoms with E-state index in [9.17, 15) is 13.2 Å². The van der Waals surface area contributed by atoms with Crippen LogP contribution in [0.5, 0.6) is 0 Å². The Kier molecular flexibility index (Phi) is 8.52. The number of hydrogen-bond donors (Lipinski definition) is 1. The van der Waals surface area contributed by atoms with Gasteiger partial charge in [-0.25, -0.2) is 0 Å². The van der Waals surface area contributed by atoms with Gasteiger partial charge in [0, 0.05) is 5.56 Å². The third-order valence-electron chi connectivity index (χ3n) is 2.89. The molecule has 130 valence electrons. The minimum absolute atomic E-state index is 0.0656. The molecule has 0 amide bonds. The van der Waals surface area contributed by atoms with E-state index in [0.717, 1.165) is 6.42 Å². The highest BCUT2D eigenvalue weighted by molar-refractivity contribution is 7.60. The highest BCUT2D eigenvalue weighted by Crippen LogP contribution is 2.34. The van der Waals surface area contributed by atoms with Gasteiger partial charge in [-0.15, -0.1) is 0 Å². The zero-order chi connectivity index (χ0) is 18.2. The molecule has 0 saturated carbocycles. The third-order valence-corrected chi connectivity index (χ3v) is 2.89. The Morgan fingerprint density at radius 2 is 1.91 bits per heavy atom. The molecule has 0 bridgehead atoms. The first kappa shape index (κ1) is 21.1. The molecule has 0 spiro atoms. The molecule has 0 aliphatic rings. The zero-order valence-corrected chi connectivity index (χ0v) is 14.0. The quantitative estimate of drug-likeness (QED) is 0.652. The summed E-state index contributed by atoms with van der Waals surface area (Å²) in [6, 6.07) is 4.44. The lowest BCUT2D eigenvalue weighted by atomic mass is 9.98. The van der Waals surface area contributed by atoms with Crippen molar-refractivity contribution in [2.45, 2.75) is 46.4 Å². The standard InChI is InChI=1S/C14H18F3NO.HNO2S/c1-5-10(3)19-18-11(4)12-8-6-7-9(2)13(12)14(15,16)17;1-4(2)3/h6-8,10H,5H2,1-4H3;1H/b18-11+;. The van der Waals surface area contributed by atoms with Crippen molar-refractivity contribution in [1.82, 2.24) is 0 Å². The largest absolute Gasteiger partial charge is 0.417 e. The molecule has 0 aliphatic carbocycles. The predicted molar refractivity (Wildman–Crippen MR) is 80.9 cm³/mol. The molecule has 1 rings (SSSR count). The first-order valence-corrected chi connectivity index (χ1v) is 7.76. The third kappa shape index (κ3) is 7.78. The van der Waals surface area contributed by atoms with Crippen molar-refractivity contribution < 1.29 is 26.4 Å². The van der Waals surface area contributed by atoms with E-state index >= 15 is 0 Å². The van der Waals surface area contributed by atoms with Gasteiger partial charge in [-0.3, -0.25) is 0 Å². The molecule has 0 fully saturated rings. The Hall–Kier alpha value is -1.90. The fourth-order valence-corrected chi connectivity index (χ4v) is 1.64. The summed E-state index contributed by atoms with van der Waals surface area (Å²) in [4.78, 5) is 5.14. The van der Waals surface area contributed by atoms with Gasteiger partial charge in [-0.05, 0) is 32.8 Å². The molecule has 1 unspecified atom stereocenters. The summed E-state index contributed by atoms with van der Waals surface area (Å²) in [6.07, 6.45) is -3.76. The van der Waals surface area contributed by atoms with Gasteiger partial charge in [0.2, 0.25) is 0 Å². The van der Waals surface area contributed by atoms with Crippen LogP contribution in [0.25, 0.3) is 0 Å². The van der Waals surface area contributed by atoms with Crippen LogP contribution in [0.2, 0.25) is 0 Å². The first-order valence-electron chi connectivity index (χ1n) is 6.68. The van der Waals surface area contributed by atoms with Gasteiger partial charge < -0.3 is 4.84 Å². The smallest absolute Gasteiger partial charge is 0.393 e. The van der Waals surface area contributed by atoms with Gasteiger partial charge in [-0.2, -0.15) is 26.4 Å². The van der Waals surface area contributed by atoms with Crippen LogP contribution < -0.4 is 0 Å². The summed E-state index contributed by atoms with van der Waals surface area (Å²) >= 11 is 0. The SMILES string of the molecule is CCC(C)O/N=C(\C)c1cccc(C)c1C(F)(F)F.N=S(=O)=O. The molecule has 1 aromatic carbocycles. The van der Waals surface area contributed by atoms with Crippen LogP contribution in [0.3, 0.4) is 0 Å². The zero-order valence-electron chi connectivity index (χ0n) is 13.2. The average molecular weight is 352 g/mol. The maximum atomic E-state index is 13.0. The first-order chi connectivity index (χ1) is 10.5. The summed E-state index contributed by atoms with van der Waals surface area (Å²) in [6.45, 7) is 6.70. The lowest BCUT2D eigenvalue weighted by Gasteiger charge is -2.15. The van der Waals surface area contributed by atoms with Gasteiger partial charge in [0.25, 0.3) is 0 Å². The molecule has 0 aliphatic heterocycles. The van der Waals surface area contributed by atoms with Crippen molar-refractivity contribution >= 4 is 16.2 Å². The van der Waals surface area contributed by atoms with Crippen LogP contribution in [-0.4, -0.2) is 20.2 Å². The van der Waals surface area contributed by atoms with Crippen molar-refractivity contribution in [2.24, 2.45) is 5.16 Å². The number of nitrogens with one attached hydrogen (secondary N) is 1. The van der Waals surface area contributed by atoms with Crippen LogP contribution >= 0.6 is 0 Å². The number of aryl methyl sites for hydroxylation is 1. The number of alkyl halides is 3. The van der Waals surface area contributed by atoms with Crippen LogP contribution in [0.15, 0.2) is 23.4 Å². The van der Waals surface area contributed by atoms with Crippen molar-refractivity contribution in [2.75, 3.05) is 0 Å². The fourth-order valence-electron chi connectivity index (χ4n) is 1.64. The van der Waals surface area contributed by atoms with E-state index in [1.807, 2.05) is 13.8 Å². The Morgan fingerprint density at radius 1 is 1.39 bits per heavy atom. The molecule has 1 N–H and O–H groups in total. The highest BCUT2D eigenvalue weighted by atomic mass is 32.2. The van der Waals surface area contributed by atoms with E-state index in [4.69, 9.17) is 18.0 Å². The predicted octanol–water partition coefficient (Wildman–Crippen LogP) is 4.18. The number of rotatable bonds is 4. The summed E-state index contributed by atoms with van der Waals surface area (Å²) in [5, 5.41) is 3.80. The number of halogens is 3. The van der Waals surface area contributed by atoms with E-state index in [2.05, 4.69) is 5.16 Å². The van der Waals surface area contributed by atoms with Crippen molar-refractivity contribution in [1.29, 1.82) is 4.78 Å². The van der Waals surface area contributed by atoms with Crippen LogP contribution in [0, 0.1) is 11.7 Å². The molecule has 0 aromatic heterocycles. The lowest BCUT2D eigenvalue weighted by molar-refractivity contribution is -0.138. The molecule has 0 heterocycles. The monoisotopic (exact) mass is 352 g/mol. The Labute approximate surface area is 134 Å². The second-order valence-corrected chi connectivity index (χ2v) is 5.20. The van der Waals surface area contributed by atoms with Crippen LogP contribution in [0.1, 0.15) is 43.9 Å². The molecule has 0 saturated heterocycles. The van der Waals surface area contributed by atoms with Gasteiger partial charge in [0.15, 0.2) is 0 Å². The Bertz CT molecular complexity index is 649. The van der Waals surface area contributed by atoms with Crippen LogP contribution in [0.4, 0.5) is 13.2 Å². The van der Waals surface area contributed by atoms with Crippen molar-refractivity contribution in [3.63, 3.8) is 0 Å². The van der Waals surface area contributed by atoms with Crippen molar-refractivity contribution in [3.8, 4) is 0 Å². The molecule has 9 heteroatoms. The Balaban J connectivity index is 0.00000108. The molecule has 1 atom stereocenters. The molecule has 1 aromatic rings. The fraction of sp³-hybridized carbons (Fsp3) is 0.500. The highest BCUT2D eigenvalue weighted by Gasteiger charge is 2.35. The molecule has 5 nitrogen and oxygen atoms in total. The summed E-state index contributed by atoms with van der Waals surface area (Å²) in [5.74, 6) is 0. The molecular weight excluding hydrogens is 333 g/mol. The maximum absolute atomic E-state index is 13.0. The van der Waals surface area contributed by atoms with Gasteiger partial charge >= 0.3 is 16.7 Å².